The van der Waals surface area contributed by atoms with Gasteiger partial charge in [0.15, 0.2) is 0 Å². The standard InChI is InChI=1S/C19H27FN4O3/c1-23(11-13-3-2-4-13)17(10-21)19(26)22-14-5-6-16(15(20)9-14)24-7-8-27-12-18(24)25/h5-6,9,13,17H,2-4,7-8,10-12,21H2,1H3,(H,22,26)/t17-/m0/s1. The van der Waals surface area contributed by atoms with Crippen molar-refractivity contribution in [1.29, 1.82) is 0 Å². The molecule has 0 unspecified atom stereocenters. The molecular weight excluding hydrogens is 351 g/mol. The molecular formula is C19H27FN4O3. The summed E-state index contributed by atoms with van der Waals surface area (Å²) in [4.78, 5) is 27.8. The minimum absolute atomic E-state index is 0.0521. The van der Waals surface area contributed by atoms with E-state index < -0.39 is 11.9 Å². The Labute approximate surface area is 158 Å². The third kappa shape index (κ3) is 4.63. The maximum atomic E-state index is 14.5. The van der Waals surface area contributed by atoms with Crippen LogP contribution in [-0.4, -0.2) is 62.7 Å². The molecule has 1 atom stereocenters. The number of nitrogens with one attached hydrogen (secondary N) is 1. The normalized spacial score (nSPS) is 19.1. The average molecular weight is 378 g/mol. The van der Waals surface area contributed by atoms with Crippen molar-refractivity contribution in [2.45, 2.75) is 25.3 Å². The number of rotatable bonds is 7. The van der Waals surface area contributed by atoms with Gasteiger partial charge in [-0.2, -0.15) is 0 Å². The first-order valence-corrected chi connectivity index (χ1v) is 9.38. The largest absolute Gasteiger partial charge is 0.370 e. The quantitative estimate of drug-likeness (QED) is 0.744. The number of likely N-dealkylation sites (N-methyl/N-ethyl adjacent to an activating group) is 1. The summed E-state index contributed by atoms with van der Waals surface area (Å²) in [5.41, 5.74) is 6.34. The molecule has 27 heavy (non-hydrogen) atoms. The number of anilines is 2. The van der Waals surface area contributed by atoms with Crippen LogP contribution in [0, 0.1) is 11.7 Å². The van der Waals surface area contributed by atoms with Crippen molar-refractivity contribution in [3.63, 3.8) is 0 Å². The summed E-state index contributed by atoms with van der Waals surface area (Å²) in [7, 11) is 1.89. The van der Waals surface area contributed by atoms with Crippen LogP contribution in [0.1, 0.15) is 19.3 Å². The number of hydrogen-bond acceptors (Lipinski definition) is 5. The van der Waals surface area contributed by atoms with E-state index in [9.17, 15) is 14.0 Å². The van der Waals surface area contributed by atoms with E-state index in [0.29, 0.717) is 24.8 Å². The van der Waals surface area contributed by atoms with Crippen LogP contribution in [0.5, 0.6) is 0 Å². The minimum Gasteiger partial charge on any atom is -0.370 e. The maximum Gasteiger partial charge on any atom is 0.253 e. The van der Waals surface area contributed by atoms with E-state index in [-0.39, 0.29) is 30.7 Å². The first-order valence-electron chi connectivity index (χ1n) is 9.38. The van der Waals surface area contributed by atoms with Gasteiger partial charge >= 0.3 is 0 Å². The molecule has 1 aliphatic heterocycles. The molecule has 3 rings (SSSR count). The zero-order chi connectivity index (χ0) is 19.4. The maximum absolute atomic E-state index is 14.5. The highest BCUT2D eigenvalue weighted by Crippen LogP contribution is 2.27. The Balaban J connectivity index is 1.64. The van der Waals surface area contributed by atoms with Gasteiger partial charge in [0.1, 0.15) is 18.5 Å². The number of morpholine rings is 1. The van der Waals surface area contributed by atoms with Gasteiger partial charge in [0.25, 0.3) is 5.91 Å². The highest BCUT2D eigenvalue weighted by atomic mass is 19.1. The number of halogens is 1. The first-order chi connectivity index (χ1) is 13.0. The molecule has 1 aromatic carbocycles. The SMILES string of the molecule is CN(CC1CCC1)[C@@H](CN)C(=O)Nc1ccc(N2CCOCC2=O)c(F)c1. The van der Waals surface area contributed by atoms with Crippen LogP contribution in [0.4, 0.5) is 15.8 Å². The molecule has 3 N–H and O–H groups in total. The van der Waals surface area contributed by atoms with Crippen LogP contribution in [0.2, 0.25) is 0 Å². The molecule has 8 heteroatoms. The molecule has 148 valence electrons. The Morgan fingerprint density at radius 3 is 2.85 bits per heavy atom. The number of carbonyl (C=O) groups excluding carboxylic acids is 2. The first kappa shape index (κ1) is 19.7. The van der Waals surface area contributed by atoms with Crippen molar-refractivity contribution in [1.82, 2.24) is 4.90 Å². The Kier molecular flexibility index (Phi) is 6.41. The van der Waals surface area contributed by atoms with E-state index in [0.717, 1.165) is 6.54 Å². The molecule has 0 aromatic heterocycles. The van der Waals surface area contributed by atoms with Gasteiger partial charge in [0.2, 0.25) is 5.91 Å². The second-order valence-electron chi connectivity index (χ2n) is 7.24. The van der Waals surface area contributed by atoms with E-state index in [2.05, 4.69) is 5.32 Å². The van der Waals surface area contributed by atoms with Crippen molar-refractivity contribution in [2.24, 2.45) is 11.7 Å². The number of hydrogen-bond donors (Lipinski definition) is 2. The molecule has 1 saturated heterocycles. The monoisotopic (exact) mass is 378 g/mol. The Hall–Kier alpha value is -2.03. The summed E-state index contributed by atoms with van der Waals surface area (Å²) in [6.07, 6.45) is 3.63. The van der Waals surface area contributed by atoms with Crippen LogP contribution in [0.15, 0.2) is 18.2 Å². The predicted octanol–water partition coefficient (Wildman–Crippen LogP) is 1.19. The van der Waals surface area contributed by atoms with Gasteiger partial charge < -0.3 is 20.7 Å². The van der Waals surface area contributed by atoms with E-state index in [1.54, 1.807) is 6.07 Å². The smallest absolute Gasteiger partial charge is 0.253 e. The molecule has 2 amide bonds. The lowest BCUT2D eigenvalue weighted by Gasteiger charge is -2.33. The number of amides is 2. The van der Waals surface area contributed by atoms with E-state index >= 15 is 0 Å². The van der Waals surface area contributed by atoms with E-state index in [1.807, 2.05) is 11.9 Å². The molecule has 0 radical (unpaired) electrons. The summed E-state index contributed by atoms with van der Waals surface area (Å²) < 4.78 is 19.6. The van der Waals surface area contributed by atoms with Crippen LogP contribution in [-0.2, 0) is 14.3 Å². The summed E-state index contributed by atoms with van der Waals surface area (Å²) in [6, 6.07) is 3.87. The second kappa shape index (κ2) is 8.77. The van der Waals surface area contributed by atoms with Crippen LogP contribution in [0.25, 0.3) is 0 Å². The summed E-state index contributed by atoms with van der Waals surface area (Å²) in [6.45, 7) is 1.65. The number of nitrogens with two attached hydrogens (primary N) is 1. The lowest BCUT2D eigenvalue weighted by Crippen LogP contribution is -2.49. The number of nitrogens with zero attached hydrogens (tertiary/aromatic N) is 2. The zero-order valence-electron chi connectivity index (χ0n) is 15.6. The number of ether oxygens (including phenoxy) is 1. The third-order valence-corrected chi connectivity index (χ3v) is 5.32. The Bertz CT molecular complexity index is 696. The molecule has 0 bridgehead atoms. The van der Waals surface area contributed by atoms with Crippen molar-refractivity contribution >= 4 is 23.2 Å². The molecule has 1 saturated carbocycles. The van der Waals surface area contributed by atoms with Crippen LogP contribution < -0.4 is 16.0 Å². The lowest BCUT2D eigenvalue weighted by atomic mass is 9.85. The average Bonchev–Trinajstić information content (AvgIpc) is 2.60. The van der Waals surface area contributed by atoms with Crippen molar-refractivity contribution in [3.05, 3.63) is 24.0 Å². The van der Waals surface area contributed by atoms with Gasteiger partial charge in [0.05, 0.1) is 12.3 Å². The van der Waals surface area contributed by atoms with Gasteiger partial charge in [0, 0.05) is 25.3 Å². The second-order valence-corrected chi connectivity index (χ2v) is 7.24. The Morgan fingerprint density at radius 2 is 2.26 bits per heavy atom. The van der Waals surface area contributed by atoms with Gasteiger partial charge in [-0.1, -0.05) is 6.42 Å². The van der Waals surface area contributed by atoms with Crippen molar-refractivity contribution in [3.8, 4) is 0 Å². The van der Waals surface area contributed by atoms with Crippen molar-refractivity contribution in [2.75, 3.05) is 50.1 Å². The van der Waals surface area contributed by atoms with Gasteiger partial charge in [-0.25, -0.2) is 4.39 Å². The molecule has 2 aliphatic rings. The minimum atomic E-state index is -0.560. The third-order valence-electron chi connectivity index (χ3n) is 5.32. The predicted molar refractivity (Wildman–Crippen MR) is 101 cm³/mol. The highest BCUT2D eigenvalue weighted by Gasteiger charge is 2.27. The fourth-order valence-electron chi connectivity index (χ4n) is 3.50. The van der Waals surface area contributed by atoms with E-state index in [1.165, 1.54) is 36.3 Å². The van der Waals surface area contributed by atoms with Gasteiger partial charge in [-0.15, -0.1) is 0 Å². The molecule has 0 spiro atoms. The molecule has 2 fully saturated rings. The van der Waals surface area contributed by atoms with Gasteiger partial charge in [-0.3, -0.25) is 14.5 Å². The van der Waals surface area contributed by atoms with Crippen LogP contribution in [0.3, 0.4) is 0 Å². The van der Waals surface area contributed by atoms with E-state index in [4.69, 9.17) is 10.5 Å². The molecule has 7 nitrogen and oxygen atoms in total. The Morgan fingerprint density at radius 1 is 1.48 bits per heavy atom. The highest BCUT2D eigenvalue weighted by molar-refractivity contribution is 5.97. The number of benzene rings is 1. The summed E-state index contributed by atoms with van der Waals surface area (Å²) >= 11 is 0. The summed E-state index contributed by atoms with van der Waals surface area (Å²) in [5.74, 6) is -0.471. The topological polar surface area (TPSA) is 87.9 Å². The molecule has 1 aromatic rings. The fraction of sp³-hybridized carbons (Fsp3) is 0.579. The van der Waals surface area contributed by atoms with Crippen molar-refractivity contribution < 1.29 is 18.7 Å². The van der Waals surface area contributed by atoms with Gasteiger partial charge in [-0.05, 0) is 44.0 Å². The lowest BCUT2D eigenvalue weighted by molar-refractivity contribution is -0.125. The molecule has 1 aliphatic carbocycles. The summed E-state index contributed by atoms with van der Waals surface area (Å²) in [5, 5.41) is 2.74. The zero-order valence-corrected chi connectivity index (χ0v) is 15.6. The fourth-order valence-corrected chi connectivity index (χ4v) is 3.50. The van der Waals surface area contributed by atoms with Crippen LogP contribution >= 0.6 is 0 Å². The molecule has 1 heterocycles. The number of carbonyl (C=O) groups is 2.